The molecule has 0 amide bonds. The molecule has 3 unspecified atom stereocenters. The molecule has 0 bridgehead atoms. The second-order valence-corrected chi connectivity index (χ2v) is 8.17. The zero-order valence-electron chi connectivity index (χ0n) is 14.7. The minimum atomic E-state index is 0.437. The summed E-state index contributed by atoms with van der Waals surface area (Å²) >= 11 is 0. The SMILES string of the molecule is CC(C)CC(C(C)C(C)C(C)C)C(C)(C)C(C)C. The van der Waals surface area contributed by atoms with Crippen LogP contribution in [0, 0.1) is 40.9 Å². The van der Waals surface area contributed by atoms with Crippen molar-refractivity contribution in [2.45, 2.75) is 75.7 Å². The molecule has 0 aliphatic carbocycles. The second-order valence-electron chi connectivity index (χ2n) is 8.17. The maximum absolute atomic E-state index is 2.49. The molecule has 18 heavy (non-hydrogen) atoms. The van der Waals surface area contributed by atoms with Crippen LogP contribution in [0.5, 0.6) is 0 Å². The topological polar surface area (TPSA) is 0 Å². The average molecular weight is 255 g/mol. The molecule has 0 heteroatoms. The fourth-order valence-corrected chi connectivity index (χ4v) is 3.11. The van der Waals surface area contributed by atoms with Crippen LogP contribution in [0.15, 0.2) is 0 Å². The predicted molar refractivity (Wildman–Crippen MR) is 84.7 cm³/mol. The Hall–Kier alpha value is 0. The van der Waals surface area contributed by atoms with Gasteiger partial charge in [0.2, 0.25) is 0 Å². The van der Waals surface area contributed by atoms with Crippen molar-refractivity contribution in [2.24, 2.45) is 40.9 Å². The summed E-state index contributed by atoms with van der Waals surface area (Å²) in [5.74, 6) is 4.79. The molecule has 0 aromatic heterocycles. The first-order valence-corrected chi connectivity index (χ1v) is 8.01. The highest BCUT2D eigenvalue weighted by Gasteiger charge is 2.38. The van der Waals surface area contributed by atoms with Crippen LogP contribution >= 0.6 is 0 Å². The predicted octanol–water partition coefficient (Wildman–Crippen LogP) is 6.26. The van der Waals surface area contributed by atoms with E-state index in [1.807, 2.05) is 0 Å². The van der Waals surface area contributed by atoms with Crippen molar-refractivity contribution in [3.63, 3.8) is 0 Å². The first kappa shape index (κ1) is 18.0. The molecule has 0 saturated heterocycles. The lowest BCUT2D eigenvalue weighted by Gasteiger charge is -2.45. The number of rotatable bonds is 7. The fraction of sp³-hybridized carbons (Fsp3) is 1.00. The third-order valence-corrected chi connectivity index (χ3v) is 5.68. The van der Waals surface area contributed by atoms with Crippen LogP contribution in [0.1, 0.15) is 75.7 Å². The fourth-order valence-electron chi connectivity index (χ4n) is 3.11. The first-order chi connectivity index (χ1) is 8.01. The standard InChI is InChI=1S/C18H38/c1-12(2)11-17(18(9,10)14(5)6)16(8)15(7)13(3)4/h12-17H,11H2,1-10H3. The highest BCUT2D eigenvalue weighted by atomic mass is 14.4. The summed E-state index contributed by atoms with van der Waals surface area (Å²) in [6.07, 6.45) is 1.36. The average Bonchev–Trinajstić information content (AvgIpc) is 2.22. The molecular weight excluding hydrogens is 216 g/mol. The van der Waals surface area contributed by atoms with Crippen LogP contribution in [0.25, 0.3) is 0 Å². The zero-order valence-corrected chi connectivity index (χ0v) is 14.7. The lowest BCUT2D eigenvalue weighted by atomic mass is 9.60. The van der Waals surface area contributed by atoms with Crippen LogP contribution in [-0.4, -0.2) is 0 Å². The van der Waals surface area contributed by atoms with E-state index < -0.39 is 0 Å². The largest absolute Gasteiger partial charge is 0.0628 e. The van der Waals surface area contributed by atoms with Crippen molar-refractivity contribution in [3.05, 3.63) is 0 Å². The van der Waals surface area contributed by atoms with E-state index in [1.54, 1.807) is 0 Å². The summed E-state index contributed by atoms with van der Waals surface area (Å²) in [7, 11) is 0. The molecule has 3 atom stereocenters. The Balaban J connectivity index is 5.11. The lowest BCUT2D eigenvalue weighted by molar-refractivity contribution is 0.0397. The molecule has 0 heterocycles. The van der Waals surface area contributed by atoms with Crippen molar-refractivity contribution in [2.75, 3.05) is 0 Å². The summed E-state index contributed by atoms with van der Waals surface area (Å²) in [4.78, 5) is 0. The summed E-state index contributed by atoms with van der Waals surface area (Å²) in [6.45, 7) is 24.2. The normalized spacial score (nSPS) is 18.5. The van der Waals surface area contributed by atoms with Gasteiger partial charge in [-0.1, -0.05) is 69.2 Å². The van der Waals surface area contributed by atoms with E-state index >= 15 is 0 Å². The Morgan fingerprint density at radius 1 is 0.722 bits per heavy atom. The van der Waals surface area contributed by atoms with Crippen molar-refractivity contribution >= 4 is 0 Å². The molecule has 0 spiro atoms. The molecule has 0 aliphatic heterocycles. The van der Waals surface area contributed by atoms with Gasteiger partial charge in [-0.3, -0.25) is 0 Å². The molecule has 0 nitrogen and oxygen atoms in total. The Kier molecular flexibility index (Phi) is 6.96. The van der Waals surface area contributed by atoms with Gasteiger partial charge in [-0.25, -0.2) is 0 Å². The molecule has 0 N–H and O–H groups in total. The quantitative estimate of drug-likeness (QED) is 0.503. The van der Waals surface area contributed by atoms with Crippen molar-refractivity contribution in [3.8, 4) is 0 Å². The maximum atomic E-state index is 2.49. The van der Waals surface area contributed by atoms with E-state index in [0.29, 0.717) is 5.41 Å². The summed E-state index contributed by atoms with van der Waals surface area (Å²) in [6, 6.07) is 0. The van der Waals surface area contributed by atoms with E-state index in [2.05, 4.69) is 69.2 Å². The van der Waals surface area contributed by atoms with Gasteiger partial charge in [-0.05, 0) is 47.3 Å². The molecule has 0 radical (unpaired) electrons. The zero-order chi connectivity index (χ0) is 14.7. The van der Waals surface area contributed by atoms with Gasteiger partial charge in [-0.15, -0.1) is 0 Å². The molecule has 0 saturated carbocycles. The number of hydrogen-bond donors (Lipinski definition) is 0. The van der Waals surface area contributed by atoms with Crippen molar-refractivity contribution in [1.82, 2.24) is 0 Å². The summed E-state index contributed by atoms with van der Waals surface area (Å²) < 4.78 is 0. The molecule has 0 aromatic carbocycles. The lowest BCUT2D eigenvalue weighted by Crippen LogP contribution is -2.38. The van der Waals surface area contributed by atoms with Crippen LogP contribution in [0.3, 0.4) is 0 Å². The van der Waals surface area contributed by atoms with Gasteiger partial charge < -0.3 is 0 Å². The van der Waals surface area contributed by atoms with Gasteiger partial charge in [0.25, 0.3) is 0 Å². The third-order valence-electron chi connectivity index (χ3n) is 5.68. The first-order valence-electron chi connectivity index (χ1n) is 8.01. The Morgan fingerprint density at radius 3 is 1.44 bits per heavy atom. The minimum absolute atomic E-state index is 0.437. The van der Waals surface area contributed by atoms with Gasteiger partial charge >= 0.3 is 0 Å². The number of hydrogen-bond acceptors (Lipinski definition) is 0. The molecule has 110 valence electrons. The highest BCUT2D eigenvalue weighted by molar-refractivity contribution is 4.87. The third kappa shape index (κ3) is 4.59. The van der Waals surface area contributed by atoms with E-state index in [9.17, 15) is 0 Å². The minimum Gasteiger partial charge on any atom is -0.0628 e. The Labute approximate surface area is 117 Å². The maximum Gasteiger partial charge on any atom is -0.0300 e. The van der Waals surface area contributed by atoms with Gasteiger partial charge in [0.15, 0.2) is 0 Å². The van der Waals surface area contributed by atoms with E-state index in [1.165, 1.54) is 6.42 Å². The van der Waals surface area contributed by atoms with Crippen LogP contribution < -0.4 is 0 Å². The van der Waals surface area contributed by atoms with Crippen LogP contribution in [0.2, 0.25) is 0 Å². The van der Waals surface area contributed by atoms with Gasteiger partial charge in [0.1, 0.15) is 0 Å². The smallest absolute Gasteiger partial charge is 0.0300 e. The van der Waals surface area contributed by atoms with E-state index in [4.69, 9.17) is 0 Å². The van der Waals surface area contributed by atoms with Gasteiger partial charge in [-0.2, -0.15) is 0 Å². The molecule has 0 rings (SSSR count). The Morgan fingerprint density at radius 2 is 1.17 bits per heavy atom. The second kappa shape index (κ2) is 6.96. The molecular formula is C18H38. The van der Waals surface area contributed by atoms with Crippen molar-refractivity contribution < 1.29 is 0 Å². The van der Waals surface area contributed by atoms with E-state index in [0.717, 1.165) is 35.5 Å². The van der Waals surface area contributed by atoms with Gasteiger partial charge in [0, 0.05) is 0 Å². The van der Waals surface area contributed by atoms with Gasteiger partial charge in [0.05, 0.1) is 0 Å². The summed E-state index contributed by atoms with van der Waals surface area (Å²) in [5.41, 5.74) is 0.437. The molecule has 0 aliphatic rings. The monoisotopic (exact) mass is 254 g/mol. The molecule has 0 aromatic rings. The van der Waals surface area contributed by atoms with Crippen molar-refractivity contribution in [1.29, 1.82) is 0 Å². The summed E-state index contributed by atoms with van der Waals surface area (Å²) in [5, 5.41) is 0. The Bertz CT molecular complexity index is 222. The van der Waals surface area contributed by atoms with Crippen LogP contribution in [-0.2, 0) is 0 Å². The van der Waals surface area contributed by atoms with E-state index in [-0.39, 0.29) is 0 Å². The highest BCUT2D eigenvalue weighted by Crippen LogP contribution is 2.45. The van der Waals surface area contributed by atoms with Crippen LogP contribution in [0.4, 0.5) is 0 Å². The molecule has 0 fully saturated rings.